The maximum Gasteiger partial charge on any atom is 0.0342 e. The molecule has 0 atom stereocenters. The summed E-state index contributed by atoms with van der Waals surface area (Å²) in [6.07, 6.45) is 9.93. The fourth-order valence-electron chi connectivity index (χ4n) is 1.26. The largest absolute Gasteiger partial charge is 0.144 e. The smallest absolute Gasteiger partial charge is 0.0342 e. The first-order valence-electron chi connectivity index (χ1n) is 3.79. The van der Waals surface area contributed by atoms with E-state index < -0.39 is 0 Å². The van der Waals surface area contributed by atoms with E-state index >= 15 is 0 Å². The molecule has 1 heterocycles. The minimum atomic E-state index is 1.07. The van der Waals surface area contributed by atoms with Gasteiger partial charge in [-0.05, 0) is 35.9 Å². The summed E-state index contributed by atoms with van der Waals surface area (Å²) in [5, 5.41) is 2.21. The SMILES string of the molecule is Cc1csc2c1C=CCC=C2. The maximum absolute atomic E-state index is 2.22. The molecule has 0 saturated carbocycles. The summed E-state index contributed by atoms with van der Waals surface area (Å²) in [5.41, 5.74) is 2.80. The van der Waals surface area contributed by atoms with Crippen LogP contribution in [0.15, 0.2) is 17.5 Å². The van der Waals surface area contributed by atoms with Crippen molar-refractivity contribution >= 4 is 23.5 Å². The van der Waals surface area contributed by atoms with Crippen LogP contribution in [0.4, 0.5) is 0 Å². The zero-order valence-electron chi connectivity index (χ0n) is 6.50. The highest BCUT2D eigenvalue weighted by Crippen LogP contribution is 2.26. The fourth-order valence-corrected chi connectivity index (χ4v) is 2.22. The molecule has 0 aliphatic heterocycles. The van der Waals surface area contributed by atoms with Gasteiger partial charge in [0.15, 0.2) is 0 Å². The number of aryl methyl sites for hydroxylation is 1. The molecule has 11 heavy (non-hydrogen) atoms. The van der Waals surface area contributed by atoms with Crippen LogP contribution in [-0.2, 0) is 0 Å². The van der Waals surface area contributed by atoms with Gasteiger partial charge in [0, 0.05) is 4.88 Å². The maximum atomic E-state index is 2.22. The van der Waals surface area contributed by atoms with E-state index in [0.29, 0.717) is 0 Å². The lowest BCUT2D eigenvalue weighted by Gasteiger charge is -1.90. The van der Waals surface area contributed by atoms with E-state index in [1.165, 1.54) is 16.0 Å². The van der Waals surface area contributed by atoms with E-state index in [2.05, 4.69) is 36.6 Å². The minimum absolute atomic E-state index is 1.07. The van der Waals surface area contributed by atoms with Crippen molar-refractivity contribution in [2.24, 2.45) is 0 Å². The summed E-state index contributed by atoms with van der Waals surface area (Å²) in [6, 6.07) is 0. The lowest BCUT2D eigenvalue weighted by atomic mass is 10.1. The van der Waals surface area contributed by atoms with Gasteiger partial charge >= 0.3 is 0 Å². The van der Waals surface area contributed by atoms with E-state index in [1.807, 2.05) is 11.3 Å². The normalized spacial score (nSPS) is 14.6. The van der Waals surface area contributed by atoms with Crippen molar-refractivity contribution in [3.8, 4) is 0 Å². The van der Waals surface area contributed by atoms with Crippen molar-refractivity contribution in [2.75, 3.05) is 0 Å². The lowest BCUT2D eigenvalue weighted by molar-refractivity contribution is 1.43. The quantitative estimate of drug-likeness (QED) is 0.548. The molecule has 1 aliphatic rings. The zero-order valence-corrected chi connectivity index (χ0v) is 7.32. The monoisotopic (exact) mass is 162 g/mol. The molecule has 0 nitrogen and oxygen atoms in total. The van der Waals surface area contributed by atoms with Crippen molar-refractivity contribution < 1.29 is 0 Å². The van der Waals surface area contributed by atoms with Gasteiger partial charge in [0.05, 0.1) is 0 Å². The third kappa shape index (κ3) is 1.16. The van der Waals surface area contributed by atoms with Crippen molar-refractivity contribution in [1.29, 1.82) is 0 Å². The Morgan fingerprint density at radius 3 is 3.00 bits per heavy atom. The Kier molecular flexibility index (Phi) is 1.66. The average molecular weight is 162 g/mol. The molecule has 0 fully saturated rings. The summed E-state index contributed by atoms with van der Waals surface area (Å²) in [5.74, 6) is 0. The van der Waals surface area contributed by atoms with Crippen LogP contribution in [0.5, 0.6) is 0 Å². The molecule has 2 rings (SSSR count). The van der Waals surface area contributed by atoms with Crippen LogP contribution in [0.1, 0.15) is 22.4 Å². The number of fused-ring (bicyclic) bond motifs is 1. The molecular formula is C10H10S. The predicted octanol–water partition coefficient (Wildman–Crippen LogP) is 3.49. The number of hydrogen-bond acceptors (Lipinski definition) is 1. The predicted molar refractivity (Wildman–Crippen MR) is 51.7 cm³/mol. The van der Waals surface area contributed by atoms with E-state index in [1.54, 1.807) is 0 Å². The molecule has 56 valence electrons. The molecule has 1 aromatic rings. The number of hydrogen-bond donors (Lipinski definition) is 0. The van der Waals surface area contributed by atoms with Crippen molar-refractivity contribution in [2.45, 2.75) is 13.3 Å². The van der Waals surface area contributed by atoms with E-state index in [9.17, 15) is 0 Å². The van der Waals surface area contributed by atoms with Crippen LogP contribution < -0.4 is 0 Å². The van der Waals surface area contributed by atoms with Gasteiger partial charge in [0.1, 0.15) is 0 Å². The fraction of sp³-hybridized carbons (Fsp3) is 0.200. The average Bonchev–Trinajstić information content (AvgIpc) is 2.25. The summed E-state index contributed by atoms with van der Waals surface area (Å²) < 4.78 is 0. The molecule has 0 N–H and O–H groups in total. The van der Waals surface area contributed by atoms with Crippen molar-refractivity contribution in [3.63, 3.8) is 0 Å². The van der Waals surface area contributed by atoms with Crippen LogP contribution in [0.3, 0.4) is 0 Å². The number of rotatable bonds is 0. The highest BCUT2D eigenvalue weighted by molar-refractivity contribution is 7.11. The van der Waals surface area contributed by atoms with Crippen LogP contribution in [0, 0.1) is 6.92 Å². The molecular weight excluding hydrogens is 152 g/mol. The van der Waals surface area contributed by atoms with Gasteiger partial charge in [-0.25, -0.2) is 0 Å². The Morgan fingerprint density at radius 1 is 1.27 bits per heavy atom. The summed E-state index contributed by atoms with van der Waals surface area (Å²) in [4.78, 5) is 1.40. The molecule has 0 bridgehead atoms. The highest BCUT2D eigenvalue weighted by atomic mass is 32.1. The molecule has 1 aromatic heterocycles. The summed E-state index contributed by atoms with van der Waals surface area (Å²) >= 11 is 1.83. The third-order valence-corrected chi connectivity index (χ3v) is 2.96. The molecule has 1 heteroatoms. The van der Waals surface area contributed by atoms with Gasteiger partial charge in [-0.2, -0.15) is 0 Å². The van der Waals surface area contributed by atoms with Gasteiger partial charge < -0.3 is 0 Å². The molecule has 0 aromatic carbocycles. The van der Waals surface area contributed by atoms with Crippen LogP contribution in [0.25, 0.3) is 12.2 Å². The van der Waals surface area contributed by atoms with E-state index in [0.717, 1.165) is 6.42 Å². The van der Waals surface area contributed by atoms with Crippen LogP contribution in [-0.4, -0.2) is 0 Å². The third-order valence-electron chi connectivity index (χ3n) is 1.88. The molecule has 0 unspecified atom stereocenters. The first kappa shape index (κ1) is 6.86. The van der Waals surface area contributed by atoms with Gasteiger partial charge in [-0.3, -0.25) is 0 Å². The van der Waals surface area contributed by atoms with Gasteiger partial charge in [-0.15, -0.1) is 11.3 Å². The Morgan fingerprint density at radius 2 is 2.09 bits per heavy atom. The Labute approximate surface area is 70.9 Å². The lowest BCUT2D eigenvalue weighted by Crippen LogP contribution is -1.72. The number of allylic oxidation sites excluding steroid dienone is 2. The van der Waals surface area contributed by atoms with Crippen molar-refractivity contribution in [3.05, 3.63) is 33.5 Å². The first-order valence-corrected chi connectivity index (χ1v) is 4.67. The molecule has 0 saturated heterocycles. The van der Waals surface area contributed by atoms with Crippen LogP contribution in [0.2, 0.25) is 0 Å². The van der Waals surface area contributed by atoms with E-state index in [-0.39, 0.29) is 0 Å². The first-order chi connectivity index (χ1) is 5.38. The second-order valence-corrected chi connectivity index (χ2v) is 3.65. The Bertz CT molecular complexity index is 316. The number of thiophene rings is 1. The summed E-state index contributed by atoms with van der Waals surface area (Å²) in [7, 11) is 0. The molecule has 1 aliphatic carbocycles. The topological polar surface area (TPSA) is 0 Å². The second-order valence-electron chi connectivity index (χ2n) is 2.74. The highest BCUT2D eigenvalue weighted by Gasteiger charge is 2.03. The molecule has 0 radical (unpaired) electrons. The van der Waals surface area contributed by atoms with Gasteiger partial charge in [0.25, 0.3) is 0 Å². The molecule has 0 amide bonds. The molecule has 0 spiro atoms. The Hall–Kier alpha value is -0.820. The van der Waals surface area contributed by atoms with Crippen molar-refractivity contribution in [1.82, 2.24) is 0 Å². The zero-order chi connectivity index (χ0) is 7.68. The minimum Gasteiger partial charge on any atom is -0.144 e. The van der Waals surface area contributed by atoms with Gasteiger partial charge in [0.2, 0.25) is 0 Å². The van der Waals surface area contributed by atoms with Crippen LogP contribution >= 0.6 is 11.3 Å². The van der Waals surface area contributed by atoms with Gasteiger partial charge in [-0.1, -0.05) is 18.2 Å². The summed E-state index contributed by atoms with van der Waals surface area (Å²) in [6.45, 7) is 2.17. The van der Waals surface area contributed by atoms with E-state index in [4.69, 9.17) is 0 Å². The Balaban J connectivity index is 2.60. The standard InChI is InChI=1S/C10H10S/c1-8-7-11-10-6-4-2-3-5-9(8)10/h3-7H,2H2,1H3. The second kappa shape index (κ2) is 2.67.